The van der Waals surface area contributed by atoms with Gasteiger partial charge in [-0.2, -0.15) is 0 Å². The van der Waals surface area contributed by atoms with Crippen LogP contribution in [0.5, 0.6) is 5.75 Å². The SMILES string of the molecule is C/C=C(/CCCC)N(C)/C(=C\C(=C/C)c1ccc2c(c1F)OCC(C(=O)OC)=C2)CCC.C=CC(=O)N1CCCCCC1C.CC.CC. The van der Waals surface area contributed by atoms with Crippen molar-refractivity contribution in [3.63, 3.8) is 0 Å². The third-order valence-electron chi connectivity index (χ3n) is 8.22. The van der Waals surface area contributed by atoms with Gasteiger partial charge in [0.1, 0.15) is 6.61 Å². The fraction of sp³-hybridized carbons (Fsp3) is 0.561. The smallest absolute Gasteiger partial charge is 0.337 e. The first-order valence-corrected chi connectivity index (χ1v) is 18.1. The molecule has 0 radical (unpaired) electrons. The second-order valence-electron chi connectivity index (χ2n) is 11.3. The second kappa shape index (κ2) is 25.4. The van der Waals surface area contributed by atoms with Crippen LogP contribution in [0.2, 0.25) is 0 Å². The highest BCUT2D eigenvalue weighted by molar-refractivity contribution is 5.95. The van der Waals surface area contributed by atoms with E-state index in [2.05, 4.69) is 58.4 Å². The van der Waals surface area contributed by atoms with E-state index in [9.17, 15) is 9.59 Å². The lowest BCUT2D eigenvalue weighted by Crippen LogP contribution is -2.36. The monoisotopic (exact) mass is 668 g/mol. The van der Waals surface area contributed by atoms with Crippen molar-refractivity contribution in [1.82, 2.24) is 9.80 Å². The molecule has 2 heterocycles. The molecule has 0 saturated carbocycles. The molecule has 1 fully saturated rings. The standard InChI is InChI=1S/C27H36FNO3.C10H17NO.2C2H6/c1-7-11-13-22(10-4)29(5)23(12-8-2)17-19(9-3)24-15-14-20-16-21(27(30)31-6)18-32-26(20)25(24)28;1-3-10(12)11-8-6-4-5-7-9(11)2;2*1-2/h9-10,14-17H,7-8,11-13,18H2,1-6H3;3,9H,1,4-8H2,2H3;2*1-2H3/b19-9+,22-10-,23-17-;;;. The van der Waals surface area contributed by atoms with Crippen molar-refractivity contribution in [1.29, 1.82) is 0 Å². The first kappa shape index (κ1) is 44.4. The van der Waals surface area contributed by atoms with Crippen molar-refractivity contribution < 1.29 is 23.5 Å². The van der Waals surface area contributed by atoms with E-state index in [1.807, 2.05) is 45.6 Å². The van der Waals surface area contributed by atoms with Gasteiger partial charge in [0.2, 0.25) is 5.91 Å². The highest BCUT2D eigenvalue weighted by Gasteiger charge is 2.23. The summed E-state index contributed by atoms with van der Waals surface area (Å²) >= 11 is 0. The van der Waals surface area contributed by atoms with E-state index in [-0.39, 0.29) is 18.3 Å². The van der Waals surface area contributed by atoms with Crippen molar-refractivity contribution in [3.8, 4) is 5.75 Å². The molecule has 0 spiro atoms. The first-order chi connectivity index (χ1) is 23.2. The first-order valence-electron chi connectivity index (χ1n) is 18.1. The molecule has 1 atom stereocenters. The van der Waals surface area contributed by atoms with Crippen molar-refractivity contribution in [2.45, 2.75) is 126 Å². The van der Waals surface area contributed by atoms with E-state index in [0.29, 0.717) is 22.7 Å². The lowest BCUT2D eigenvalue weighted by atomic mass is 9.98. The number of rotatable bonds is 11. The molecule has 6 nitrogen and oxygen atoms in total. The van der Waals surface area contributed by atoms with Gasteiger partial charge in [-0.25, -0.2) is 9.18 Å². The van der Waals surface area contributed by atoms with Gasteiger partial charge in [-0.05, 0) is 76.7 Å². The zero-order valence-electron chi connectivity index (χ0n) is 32.0. The van der Waals surface area contributed by atoms with Gasteiger partial charge >= 0.3 is 5.97 Å². The fourth-order valence-corrected chi connectivity index (χ4v) is 5.54. The predicted octanol–water partition coefficient (Wildman–Crippen LogP) is 10.9. The lowest BCUT2D eigenvalue weighted by molar-refractivity contribution is -0.136. The third kappa shape index (κ3) is 13.5. The van der Waals surface area contributed by atoms with E-state index in [1.165, 1.54) is 31.7 Å². The summed E-state index contributed by atoms with van der Waals surface area (Å²) in [4.78, 5) is 27.3. The Kier molecular flexibility index (Phi) is 23.5. The molecule has 1 unspecified atom stereocenters. The molecule has 48 heavy (non-hydrogen) atoms. The number of hydrogen-bond acceptors (Lipinski definition) is 5. The molecule has 1 aromatic rings. The average molecular weight is 669 g/mol. The van der Waals surface area contributed by atoms with Crippen LogP contribution in [0.25, 0.3) is 11.6 Å². The summed E-state index contributed by atoms with van der Waals surface area (Å²) in [6.45, 7) is 22.9. The van der Waals surface area contributed by atoms with E-state index in [1.54, 1.807) is 18.2 Å². The Morgan fingerprint density at radius 2 is 1.73 bits per heavy atom. The number of benzene rings is 1. The van der Waals surface area contributed by atoms with Crippen molar-refractivity contribution in [2.75, 3.05) is 27.3 Å². The topological polar surface area (TPSA) is 59.1 Å². The molecule has 2 aliphatic rings. The summed E-state index contributed by atoms with van der Waals surface area (Å²) in [7, 11) is 3.41. The number of fused-ring (bicyclic) bond motifs is 1. The Hall–Kier alpha value is -3.61. The number of carbonyl (C=O) groups excluding carboxylic acids is 2. The third-order valence-corrected chi connectivity index (χ3v) is 8.22. The summed E-state index contributed by atoms with van der Waals surface area (Å²) < 4.78 is 25.8. The van der Waals surface area contributed by atoms with E-state index in [4.69, 9.17) is 9.47 Å². The highest BCUT2D eigenvalue weighted by atomic mass is 19.1. The van der Waals surface area contributed by atoms with Gasteiger partial charge in [-0.15, -0.1) is 0 Å². The zero-order valence-corrected chi connectivity index (χ0v) is 32.0. The van der Waals surface area contributed by atoms with Crippen molar-refractivity contribution in [3.05, 3.63) is 76.9 Å². The zero-order chi connectivity index (χ0) is 36.6. The van der Waals surface area contributed by atoms with Crippen molar-refractivity contribution in [2.24, 2.45) is 0 Å². The molecule has 7 heteroatoms. The van der Waals surface area contributed by atoms with E-state index < -0.39 is 11.8 Å². The molecule has 0 bridgehead atoms. The second-order valence-corrected chi connectivity index (χ2v) is 11.3. The number of esters is 1. The number of carbonyl (C=O) groups is 2. The molecule has 0 aromatic heterocycles. The number of methoxy groups -OCH3 is 1. The van der Waals surface area contributed by atoms with Gasteiger partial charge in [-0.1, -0.05) is 98.1 Å². The Bertz CT molecular complexity index is 1260. The Labute approximate surface area is 292 Å². The van der Waals surface area contributed by atoms with Gasteiger partial charge in [0, 0.05) is 42.2 Å². The number of unbranched alkanes of at least 4 members (excludes halogenated alkanes) is 1. The van der Waals surface area contributed by atoms with Crippen LogP contribution in [0, 0.1) is 5.82 Å². The molecule has 0 N–H and O–H groups in total. The van der Waals surface area contributed by atoms with Crippen LogP contribution < -0.4 is 4.74 Å². The molecule has 3 rings (SSSR count). The number of halogens is 1. The van der Waals surface area contributed by atoms with Crippen LogP contribution in [0.15, 0.2) is 60.0 Å². The number of amides is 1. The lowest BCUT2D eigenvalue weighted by Gasteiger charge is -2.26. The molecular formula is C41H65FN2O4. The molecule has 1 amide bonds. The molecule has 1 aromatic carbocycles. The predicted molar refractivity (Wildman–Crippen MR) is 202 cm³/mol. The maximum Gasteiger partial charge on any atom is 0.337 e. The van der Waals surface area contributed by atoms with E-state index >= 15 is 4.39 Å². The van der Waals surface area contributed by atoms with Crippen LogP contribution in [-0.4, -0.2) is 55.0 Å². The minimum absolute atomic E-state index is 0.00698. The summed E-state index contributed by atoms with van der Waals surface area (Å²) in [5.74, 6) is -0.621. The van der Waals surface area contributed by atoms with Gasteiger partial charge in [0.15, 0.2) is 11.6 Å². The van der Waals surface area contributed by atoms with E-state index in [0.717, 1.165) is 62.8 Å². The largest absolute Gasteiger partial charge is 0.485 e. The van der Waals surface area contributed by atoms with Gasteiger partial charge in [-0.3, -0.25) is 4.79 Å². The molecule has 0 aliphatic carbocycles. The van der Waals surface area contributed by atoms with Gasteiger partial charge in [0.25, 0.3) is 0 Å². The van der Waals surface area contributed by atoms with Gasteiger partial charge < -0.3 is 19.3 Å². The number of nitrogens with zero attached hydrogens (tertiary/aromatic N) is 2. The minimum atomic E-state index is -0.465. The normalized spacial score (nSPS) is 16.1. The minimum Gasteiger partial charge on any atom is -0.485 e. The summed E-state index contributed by atoms with van der Waals surface area (Å²) in [6.07, 6.45) is 19.2. The molecule has 1 saturated heterocycles. The summed E-state index contributed by atoms with van der Waals surface area (Å²) in [6, 6.07) is 3.93. The maximum absolute atomic E-state index is 15.5. The van der Waals surface area contributed by atoms with Crippen LogP contribution >= 0.6 is 0 Å². The Morgan fingerprint density at radius 1 is 1.04 bits per heavy atom. The summed E-state index contributed by atoms with van der Waals surface area (Å²) in [5.41, 5.74) is 4.62. The average Bonchev–Trinajstić information content (AvgIpc) is 3.35. The van der Waals surface area contributed by atoms with Gasteiger partial charge in [0.05, 0.1) is 12.7 Å². The van der Waals surface area contributed by atoms with Crippen molar-refractivity contribution >= 4 is 23.5 Å². The number of ether oxygens (including phenoxy) is 2. The van der Waals surface area contributed by atoms with Crippen LogP contribution in [-0.2, 0) is 14.3 Å². The number of likely N-dealkylation sites (tertiary alicyclic amines) is 1. The number of hydrogen-bond donors (Lipinski definition) is 0. The number of allylic oxidation sites excluding steroid dienone is 6. The van der Waals surface area contributed by atoms with Crippen LogP contribution in [0.1, 0.15) is 131 Å². The Morgan fingerprint density at radius 3 is 2.29 bits per heavy atom. The highest BCUT2D eigenvalue weighted by Crippen LogP contribution is 2.35. The van der Waals surface area contributed by atoms with Crippen LogP contribution in [0.3, 0.4) is 0 Å². The van der Waals surface area contributed by atoms with Crippen LogP contribution in [0.4, 0.5) is 4.39 Å². The Balaban J connectivity index is 0.00000115. The fourth-order valence-electron chi connectivity index (χ4n) is 5.54. The molecular weight excluding hydrogens is 603 g/mol. The maximum atomic E-state index is 15.5. The molecule has 2 aliphatic heterocycles. The molecule has 270 valence electrons. The quantitative estimate of drug-likeness (QED) is 0.133. The summed E-state index contributed by atoms with van der Waals surface area (Å²) in [5, 5.41) is 0.